The smallest absolute Gasteiger partial charge is 0.00489 e. The molecule has 0 amide bonds. The highest BCUT2D eigenvalue weighted by atomic mass is 14.8. The van der Waals surface area contributed by atoms with Gasteiger partial charge in [0.2, 0.25) is 0 Å². The van der Waals surface area contributed by atoms with Crippen LogP contribution in [-0.2, 0) is 12.8 Å². The Morgan fingerprint density at radius 1 is 1.00 bits per heavy atom. The Balaban J connectivity index is 2.25. The normalized spacial score (nSPS) is 11.1. The van der Waals surface area contributed by atoms with Gasteiger partial charge in [-0.05, 0) is 55.8 Å². The van der Waals surface area contributed by atoms with Crippen molar-refractivity contribution < 1.29 is 0 Å². The Kier molecular flexibility index (Phi) is 6.95. The van der Waals surface area contributed by atoms with E-state index in [9.17, 15) is 0 Å². The van der Waals surface area contributed by atoms with Crippen LogP contribution in [0.5, 0.6) is 0 Å². The number of rotatable bonds is 8. The summed E-state index contributed by atoms with van der Waals surface area (Å²) in [5.41, 5.74) is 2.95. The van der Waals surface area contributed by atoms with Crippen molar-refractivity contribution in [1.29, 1.82) is 0 Å². The van der Waals surface area contributed by atoms with Crippen molar-refractivity contribution in [2.75, 3.05) is 13.1 Å². The predicted molar refractivity (Wildman–Crippen MR) is 76.5 cm³/mol. The van der Waals surface area contributed by atoms with Gasteiger partial charge in [-0.2, -0.15) is 0 Å². The van der Waals surface area contributed by atoms with Crippen molar-refractivity contribution in [2.45, 2.75) is 46.5 Å². The summed E-state index contributed by atoms with van der Waals surface area (Å²) < 4.78 is 0. The van der Waals surface area contributed by atoms with Crippen LogP contribution < -0.4 is 5.32 Å². The topological polar surface area (TPSA) is 12.0 Å². The van der Waals surface area contributed by atoms with E-state index in [-0.39, 0.29) is 0 Å². The quantitative estimate of drug-likeness (QED) is 0.673. The molecule has 1 N–H and O–H groups in total. The average molecular weight is 233 g/mol. The minimum atomic E-state index is 0.751. The molecule has 0 saturated carbocycles. The number of unbranched alkanes of at least 4 members (excludes halogenated alkanes) is 1. The molecule has 0 atom stereocenters. The maximum absolute atomic E-state index is 3.37. The molecule has 1 aromatic carbocycles. The van der Waals surface area contributed by atoms with Gasteiger partial charge in [-0.3, -0.25) is 0 Å². The lowest BCUT2D eigenvalue weighted by molar-refractivity contribution is 0.639. The van der Waals surface area contributed by atoms with Gasteiger partial charge in [-0.1, -0.05) is 45.0 Å². The number of nitrogens with one attached hydrogen (secondary N) is 1. The Morgan fingerprint density at radius 2 is 1.65 bits per heavy atom. The fraction of sp³-hybridized carbons (Fsp3) is 0.625. The van der Waals surface area contributed by atoms with Crippen molar-refractivity contribution in [1.82, 2.24) is 5.32 Å². The molecular weight excluding hydrogens is 206 g/mol. The van der Waals surface area contributed by atoms with Crippen molar-refractivity contribution in [3.8, 4) is 0 Å². The fourth-order valence-electron chi connectivity index (χ4n) is 2.07. The highest BCUT2D eigenvalue weighted by Crippen LogP contribution is 2.11. The molecule has 0 bridgehead atoms. The number of benzene rings is 1. The molecule has 0 radical (unpaired) electrons. The van der Waals surface area contributed by atoms with Crippen molar-refractivity contribution >= 4 is 0 Å². The molecule has 17 heavy (non-hydrogen) atoms. The second-order valence-electron chi connectivity index (χ2n) is 5.23. The molecule has 0 fully saturated rings. The van der Waals surface area contributed by atoms with Crippen LogP contribution in [0.1, 0.15) is 44.7 Å². The van der Waals surface area contributed by atoms with Crippen LogP contribution in [0.25, 0.3) is 0 Å². The molecule has 1 aromatic rings. The Hall–Kier alpha value is -0.820. The molecule has 1 nitrogen and oxygen atoms in total. The molecule has 0 heterocycles. The first-order valence-electron chi connectivity index (χ1n) is 7.01. The van der Waals surface area contributed by atoms with Crippen LogP contribution in [0.2, 0.25) is 0 Å². The summed E-state index contributed by atoms with van der Waals surface area (Å²) in [4.78, 5) is 0. The van der Waals surface area contributed by atoms with E-state index >= 15 is 0 Å². The molecule has 1 rings (SSSR count). The largest absolute Gasteiger partial charge is 0.317 e. The monoisotopic (exact) mass is 233 g/mol. The van der Waals surface area contributed by atoms with E-state index < -0.39 is 0 Å². The zero-order valence-electron chi connectivity index (χ0n) is 11.6. The first-order valence-corrected chi connectivity index (χ1v) is 7.01. The van der Waals surface area contributed by atoms with Crippen molar-refractivity contribution in [3.05, 3.63) is 35.4 Å². The highest BCUT2D eigenvalue weighted by molar-refractivity contribution is 5.22. The lowest BCUT2D eigenvalue weighted by Gasteiger charge is -2.06. The SMILES string of the molecule is CCNCCCCc1ccc(CC(C)C)cc1. The summed E-state index contributed by atoms with van der Waals surface area (Å²) in [5.74, 6) is 0.751. The first kappa shape index (κ1) is 14.2. The third-order valence-electron chi connectivity index (χ3n) is 2.99. The van der Waals surface area contributed by atoms with E-state index in [1.807, 2.05) is 0 Å². The first-order chi connectivity index (χ1) is 8.22. The average Bonchev–Trinajstić information content (AvgIpc) is 2.30. The molecule has 96 valence electrons. The third kappa shape index (κ3) is 6.48. The second-order valence-corrected chi connectivity index (χ2v) is 5.23. The maximum Gasteiger partial charge on any atom is -0.00489 e. The lowest BCUT2D eigenvalue weighted by atomic mass is 10.0. The molecule has 1 heteroatoms. The van der Waals surface area contributed by atoms with Crippen molar-refractivity contribution in [3.63, 3.8) is 0 Å². The van der Waals surface area contributed by atoms with Crippen LogP contribution in [0.4, 0.5) is 0 Å². The fourth-order valence-corrected chi connectivity index (χ4v) is 2.07. The summed E-state index contributed by atoms with van der Waals surface area (Å²) in [6, 6.07) is 9.18. The number of aryl methyl sites for hydroxylation is 1. The molecule has 0 aliphatic heterocycles. The van der Waals surface area contributed by atoms with Gasteiger partial charge in [-0.15, -0.1) is 0 Å². The second kappa shape index (κ2) is 8.30. The minimum Gasteiger partial charge on any atom is -0.317 e. The Bertz CT molecular complexity index is 287. The number of hydrogen-bond acceptors (Lipinski definition) is 1. The molecule has 0 saturated heterocycles. The summed E-state index contributed by atoms with van der Waals surface area (Å²) in [6.45, 7) is 8.95. The zero-order valence-corrected chi connectivity index (χ0v) is 11.6. The minimum absolute atomic E-state index is 0.751. The van der Waals surface area contributed by atoms with E-state index in [0.717, 1.165) is 19.0 Å². The molecular formula is C16H27N. The maximum atomic E-state index is 3.37. The molecule has 0 spiro atoms. The number of hydrogen-bond donors (Lipinski definition) is 1. The van der Waals surface area contributed by atoms with Crippen LogP contribution >= 0.6 is 0 Å². The van der Waals surface area contributed by atoms with Gasteiger partial charge >= 0.3 is 0 Å². The summed E-state index contributed by atoms with van der Waals surface area (Å²) in [7, 11) is 0. The third-order valence-corrected chi connectivity index (χ3v) is 2.99. The lowest BCUT2D eigenvalue weighted by Crippen LogP contribution is -2.13. The molecule has 0 aliphatic carbocycles. The van der Waals surface area contributed by atoms with Crippen LogP contribution in [0.15, 0.2) is 24.3 Å². The summed E-state index contributed by atoms with van der Waals surface area (Å²) >= 11 is 0. The zero-order chi connectivity index (χ0) is 12.5. The highest BCUT2D eigenvalue weighted by Gasteiger charge is 1.98. The van der Waals surface area contributed by atoms with Gasteiger partial charge in [0.15, 0.2) is 0 Å². The van der Waals surface area contributed by atoms with Gasteiger partial charge in [-0.25, -0.2) is 0 Å². The van der Waals surface area contributed by atoms with Gasteiger partial charge in [0.25, 0.3) is 0 Å². The van der Waals surface area contributed by atoms with Gasteiger partial charge in [0.05, 0.1) is 0 Å². The molecule has 0 aliphatic rings. The van der Waals surface area contributed by atoms with E-state index in [1.54, 1.807) is 0 Å². The van der Waals surface area contributed by atoms with Gasteiger partial charge in [0.1, 0.15) is 0 Å². The van der Waals surface area contributed by atoms with Gasteiger partial charge in [0, 0.05) is 0 Å². The van der Waals surface area contributed by atoms with E-state index in [2.05, 4.69) is 50.4 Å². The Labute approximate surface area is 107 Å². The standard InChI is InChI=1S/C16H27N/c1-4-17-12-6-5-7-15-8-10-16(11-9-15)13-14(2)3/h8-11,14,17H,4-7,12-13H2,1-3H3. The van der Waals surface area contributed by atoms with Gasteiger partial charge < -0.3 is 5.32 Å². The van der Waals surface area contributed by atoms with Crippen LogP contribution in [-0.4, -0.2) is 13.1 Å². The predicted octanol–water partition coefficient (Wildman–Crippen LogP) is 3.82. The van der Waals surface area contributed by atoms with E-state index in [4.69, 9.17) is 0 Å². The van der Waals surface area contributed by atoms with E-state index in [1.165, 1.54) is 36.8 Å². The Morgan fingerprint density at radius 3 is 2.24 bits per heavy atom. The molecule has 0 unspecified atom stereocenters. The molecule has 0 aromatic heterocycles. The van der Waals surface area contributed by atoms with Crippen LogP contribution in [0, 0.1) is 5.92 Å². The summed E-state index contributed by atoms with van der Waals surface area (Å²) in [5, 5.41) is 3.37. The van der Waals surface area contributed by atoms with Crippen LogP contribution in [0.3, 0.4) is 0 Å². The van der Waals surface area contributed by atoms with Crippen molar-refractivity contribution in [2.24, 2.45) is 5.92 Å². The van der Waals surface area contributed by atoms with E-state index in [0.29, 0.717) is 0 Å². The summed E-state index contributed by atoms with van der Waals surface area (Å²) in [6.07, 6.45) is 4.98.